The molecule has 22 heavy (non-hydrogen) atoms. The van der Waals surface area contributed by atoms with Crippen molar-refractivity contribution in [2.45, 2.75) is 27.2 Å². The van der Waals surface area contributed by atoms with E-state index in [0.29, 0.717) is 18.8 Å². The summed E-state index contributed by atoms with van der Waals surface area (Å²) >= 11 is 0. The van der Waals surface area contributed by atoms with Gasteiger partial charge in [0.1, 0.15) is 12.4 Å². The van der Waals surface area contributed by atoms with E-state index >= 15 is 0 Å². The lowest BCUT2D eigenvalue weighted by molar-refractivity contribution is 0.0971. The molecule has 1 aromatic heterocycles. The monoisotopic (exact) mass is 299 g/mol. The van der Waals surface area contributed by atoms with Gasteiger partial charge >= 0.3 is 0 Å². The van der Waals surface area contributed by atoms with Crippen LogP contribution in [0.4, 0.5) is 5.69 Å². The van der Waals surface area contributed by atoms with Gasteiger partial charge in [0.15, 0.2) is 5.69 Å². The maximum absolute atomic E-state index is 12.9. The molecule has 0 bridgehead atoms. The number of carbonyl (C=O) groups is 1. The van der Waals surface area contributed by atoms with Crippen LogP contribution in [-0.2, 0) is 13.5 Å². The van der Waals surface area contributed by atoms with Gasteiger partial charge in [0.05, 0.1) is 12.2 Å². The second kappa shape index (κ2) is 5.48. The Morgan fingerprint density at radius 1 is 1.32 bits per heavy atom. The number of carbonyl (C=O) groups excluding carboxylic acids is 1. The smallest absolute Gasteiger partial charge is 0.279 e. The number of rotatable bonds is 2. The lowest BCUT2D eigenvalue weighted by Crippen LogP contribution is -2.38. The summed E-state index contributed by atoms with van der Waals surface area (Å²) < 4.78 is 7.53. The quantitative estimate of drug-likeness (QED) is 0.856. The topological polar surface area (TPSA) is 47.4 Å². The summed E-state index contributed by atoms with van der Waals surface area (Å²) in [5, 5.41) is 4.36. The number of anilines is 1. The molecule has 0 atom stereocenters. The second-order valence-corrected chi connectivity index (χ2v) is 5.73. The van der Waals surface area contributed by atoms with Gasteiger partial charge in [0, 0.05) is 12.7 Å². The fourth-order valence-electron chi connectivity index (χ4n) is 2.97. The zero-order chi connectivity index (χ0) is 15.9. The van der Waals surface area contributed by atoms with E-state index in [0.717, 1.165) is 34.7 Å². The van der Waals surface area contributed by atoms with Crippen molar-refractivity contribution in [2.75, 3.05) is 18.1 Å². The van der Waals surface area contributed by atoms with Crippen molar-refractivity contribution in [1.29, 1.82) is 0 Å². The third-order valence-electron chi connectivity index (χ3n) is 4.05. The van der Waals surface area contributed by atoms with Crippen LogP contribution in [0.3, 0.4) is 0 Å². The summed E-state index contributed by atoms with van der Waals surface area (Å²) in [7, 11) is 1.87. The highest BCUT2D eigenvalue weighted by atomic mass is 16.5. The molecule has 1 aromatic carbocycles. The second-order valence-electron chi connectivity index (χ2n) is 5.73. The van der Waals surface area contributed by atoms with E-state index in [2.05, 4.69) is 18.1 Å². The van der Waals surface area contributed by atoms with Crippen LogP contribution in [0, 0.1) is 13.8 Å². The molecule has 116 valence electrons. The van der Waals surface area contributed by atoms with E-state index < -0.39 is 0 Å². The van der Waals surface area contributed by atoms with Crippen LogP contribution in [0.2, 0.25) is 0 Å². The normalized spacial score (nSPS) is 13.7. The van der Waals surface area contributed by atoms with Gasteiger partial charge in [-0.05, 0) is 43.5 Å². The number of hydrogen-bond donors (Lipinski definition) is 0. The lowest BCUT2D eigenvalue weighted by atomic mass is 10.1. The van der Waals surface area contributed by atoms with Crippen LogP contribution >= 0.6 is 0 Å². The standard InChI is InChI=1S/C17H21N3O2/c1-5-13-10-14(18-19(13)4)17(21)20-6-7-22-16-12(3)8-11(2)9-15(16)20/h8-10H,5-7H2,1-4H3. The summed E-state index contributed by atoms with van der Waals surface area (Å²) in [4.78, 5) is 14.6. The summed E-state index contributed by atoms with van der Waals surface area (Å²) in [6.45, 7) is 7.15. The molecule has 0 radical (unpaired) electrons. The van der Waals surface area contributed by atoms with Crippen molar-refractivity contribution >= 4 is 11.6 Å². The molecule has 1 amide bonds. The number of hydrogen-bond acceptors (Lipinski definition) is 3. The Bertz CT molecular complexity index is 734. The minimum atomic E-state index is -0.0650. The first kappa shape index (κ1) is 14.6. The van der Waals surface area contributed by atoms with Crippen molar-refractivity contribution < 1.29 is 9.53 Å². The van der Waals surface area contributed by atoms with Gasteiger partial charge < -0.3 is 9.64 Å². The van der Waals surface area contributed by atoms with Gasteiger partial charge in [-0.2, -0.15) is 5.10 Å². The van der Waals surface area contributed by atoms with E-state index in [1.54, 1.807) is 9.58 Å². The van der Waals surface area contributed by atoms with Gasteiger partial charge in [-0.1, -0.05) is 13.0 Å². The Balaban J connectivity index is 2.01. The molecule has 5 heteroatoms. The van der Waals surface area contributed by atoms with Crippen LogP contribution in [0.5, 0.6) is 5.75 Å². The van der Waals surface area contributed by atoms with Gasteiger partial charge in [-0.3, -0.25) is 9.48 Å². The highest BCUT2D eigenvalue weighted by Gasteiger charge is 2.27. The first-order valence-corrected chi connectivity index (χ1v) is 7.60. The van der Waals surface area contributed by atoms with E-state index in [1.165, 1.54) is 0 Å². The fourth-order valence-corrected chi connectivity index (χ4v) is 2.97. The van der Waals surface area contributed by atoms with E-state index in [9.17, 15) is 4.79 Å². The van der Waals surface area contributed by atoms with Crippen LogP contribution in [0.25, 0.3) is 0 Å². The molecule has 1 aliphatic rings. The van der Waals surface area contributed by atoms with E-state index in [-0.39, 0.29) is 5.91 Å². The molecule has 0 N–H and O–H groups in total. The molecule has 0 spiro atoms. The van der Waals surface area contributed by atoms with E-state index in [1.807, 2.05) is 33.0 Å². The Morgan fingerprint density at radius 2 is 2.09 bits per heavy atom. The Hall–Kier alpha value is -2.30. The van der Waals surface area contributed by atoms with Gasteiger partial charge in [0.2, 0.25) is 0 Å². The van der Waals surface area contributed by atoms with Crippen molar-refractivity contribution in [3.8, 4) is 5.75 Å². The Morgan fingerprint density at radius 3 is 2.77 bits per heavy atom. The van der Waals surface area contributed by atoms with Crippen molar-refractivity contribution in [2.24, 2.45) is 7.05 Å². The average Bonchev–Trinajstić information content (AvgIpc) is 2.87. The van der Waals surface area contributed by atoms with Crippen molar-refractivity contribution in [1.82, 2.24) is 9.78 Å². The molecular weight excluding hydrogens is 278 g/mol. The van der Waals surface area contributed by atoms with Crippen LogP contribution in [-0.4, -0.2) is 28.8 Å². The molecule has 2 heterocycles. The molecule has 0 aliphatic carbocycles. The summed E-state index contributed by atoms with van der Waals surface area (Å²) in [5.74, 6) is 0.738. The molecule has 0 saturated carbocycles. The summed E-state index contributed by atoms with van der Waals surface area (Å²) in [5.41, 5.74) is 4.57. The summed E-state index contributed by atoms with van der Waals surface area (Å²) in [6.07, 6.45) is 0.856. The highest BCUT2D eigenvalue weighted by Crippen LogP contribution is 2.36. The minimum absolute atomic E-state index is 0.0650. The first-order valence-electron chi connectivity index (χ1n) is 7.60. The number of aryl methyl sites for hydroxylation is 4. The number of fused-ring (bicyclic) bond motifs is 1. The van der Waals surface area contributed by atoms with Crippen LogP contribution in [0.1, 0.15) is 34.2 Å². The molecule has 1 aliphatic heterocycles. The predicted molar refractivity (Wildman–Crippen MR) is 85.7 cm³/mol. The fraction of sp³-hybridized carbons (Fsp3) is 0.412. The minimum Gasteiger partial charge on any atom is -0.489 e. The van der Waals surface area contributed by atoms with Gasteiger partial charge in [-0.15, -0.1) is 0 Å². The molecule has 3 rings (SSSR count). The maximum Gasteiger partial charge on any atom is 0.279 e. The average molecular weight is 299 g/mol. The SMILES string of the molecule is CCc1cc(C(=O)N2CCOc3c(C)cc(C)cc32)nn1C. The van der Waals surface area contributed by atoms with Crippen molar-refractivity contribution in [3.63, 3.8) is 0 Å². The number of amides is 1. The van der Waals surface area contributed by atoms with Crippen molar-refractivity contribution in [3.05, 3.63) is 40.7 Å². The molecule has 2 aromatic rings. The maximum atomic E-state index is 12.9. The third kappa shape index (κ3) is 2.36. The van der Waals surface area contributed by atoms with E-state index in [4.69, 9.17) is 4.74 Å². The highest BCUT2D eigenvalue weighted by molar-refractivity contribution is 6.06. The van der Waals surface area contributed by atoms with Gasteiger partial charge in [0.25, 0.3) is 5.91 Å². The molecule has 0 unspecified atom stereocenters. The number of ether oxygens (including phenoxy) is 1. The largest absolute Gasteiger partial charge is 0.489 e. The number of aromatic nitrogens is 2. The number of nitrogens with zero attached hydrogens (tertiary/aromatic N) is 3. The molecule has 0 saturated heterocycles. The molecule has 5 nitrogen and oxygen atoms in total. The zero-order valence-corrected chi connectivity index (χ0v) is 13.5. The van der Waals surface area contributed by atoms with Crippen LogP contribution in [0.15, 0.2) is 18.2 Å². The summed E-state index contributed by atoms with van der Waals surface area (Å²) in [6, 6.07) is 5.95. The van der Waals surface area contributed by atoms with Crippen LogP contribution < -0.4 is 9.64 Å². The van der Waals surface area contributed by atoms with Gasteiger partial charge in [-0.25, -0.2) is 0 Å². The zero-order valence-electron chi connectivity index (χ0n) is 13.5. The molecule has 0 fully saturated rings. The Kier molecular flexibility index (Phi) is 3.64. The Labute approximate surface area is 130 Å². The lowest BCUT2D eigenvalue weighted by Gasteiger charge is -2.30. The number of benzene rings is 1. The molecular formula is C17H21N3O2. The first-order chi connectivity index (χ1) is 10.5. The predicted octanol–water partition coefficient (Wildman–Crippen LogP) is 2.64. The third-order valence-corrected chi connectivity index (χ3v) is 4.05.